The van der Waals surface area contributed by atoms with Gasteiger partial charge in [-0.3, -0.25) is 0 Å². The summed E-state index contributed by atoms with van der Waals surface area (Å²) in [4.78, 5) is 0. The molecule has 1 aromatic heterocycles. The Hall–Kier alpha value is -1.51. The fourth-order valence-electron chi connectivity index (χ4n) is 1.96. The Bertz CT molecular complexity index is 569. The van der Waals surface area contributed by atoms with Crippen LogP contribution in [0, 0.1) is 0 Å². The third-order valence-electron chi connectivity index (χ3n) is 2.97. The lowest BCUT2D eigenvalue weighted by Crippen LogP contribution is -2.16. The van der Waals surface area contributed by atoms with Crippen molar-refractivity contribution in [2.45, 2.75) is 20.3 Å². The first kappa shape index (κ1) is 14.9. The van der Waals surface area contributed by atoms with Crippen molar-refractivity contribution in [2.75, 3.05) is 13.1 Å². The molecule has 1 N–H and O–H groups in total. The Labute approximate surface area is 125 Å². The highest BCUT2D eigenvalue weighted by Gasteiger charge is 2.03. The van der Waals surface area contributed by atoms with Crippen LogP contribution in [-0.2, 0) is 0 Å². The molecule has 0 unspecified atom stereocenters. The average Bonchev–Trinajstić information content (AvgIpc) is 2.88. The van der Waals surface area contributed by atoms with Gasteiger partial charge >= 0.3 is 0 Å². The summed E-state index contributed by atoms with van der Waals surface area (Å²) in [6.07, 6.45) is 3.22. The number of hydrogen-bond donors (Lipinski definition) is 1. The second-order valence-electron chi connectivity index (χ2n) is 4.88. The summed E-state index contributed by atoms with van der Waals surface area (Å²) in [6.45, 7) is 6.20. The predicted molar refractivity (Wildman–Crippen MR) is 86.0 cm³/mol. The Morgan fingerprint density at radius 2 is 1.95 bits per heavy atom. The van der Waals surface area contributed by atoms with Gasteiger partial charge in [-0.1, -0.05) is 24.1 Å². The SMILES string of the molecule is CCCNCC(C)=Cc1ccc(-c2ccc(Cl)cc2)o1. The topological polar surface area (TPSA) is 25.2 Å². The minimum Gasteiger partial charge on any atom is -0.457 e. The average molecular weight is 290 g/mol. The van der Waals surface area contributed by atoms with Gasteiger partial charge in [-0.2, -0.15) is 0 Å². The molecule has 2 rings (SSSR count). The van der Waals surface area contributed by atoms with E-state index in [0.29, 0.717) is 0 Å². The van der Waals surface area contributed by atoms with Crippen molar-refractivity contribution in [3.8, 4) is 11.3 Å². The number of halogens is 1. The zero-order valence-corrected chi connectivity index (χ0v) is 12.7. The predicted octanol–water partition coefficient (Wildman–Crippen LogP) is 5.00. The van der Waals surface area contributed by atoms with Crippen molar-refractivity contribution in [2.24, 2.45) is 0 Å². The molecule has 0 saturated carbocycles. The lowest BCUT2D eigenvalue weighted by Gasteiger charge is -2.02. The number of benzene rings is 1. The van der Waals surface area contributed by atoms with Gasteiger partial charge in [0, 0.05) is 17.1 Å². The van der Waals surface area contributed by atoms with Crippen LogP contribution in [0.15, 0.2) is 46.4 Å². The van der Waals surface area contributed by atoms with Crippen molar-refractivity contribution >= 4 is 17.7 Å². The Morgan fingerprint density at radius 3 is 2.65 bits per heavy atom. The van der Waals surface area contributed by atoms with Crippen molar-refractivity contribution in [1.82, 2.24) is 5.32 Å². The second-order valence-corrected chi connectivity index (χ2v) is 5.31. The standard InChI is InChI=1S/C17H20ClNO/c1-3-10-19-12-13(2)11-16-8-9-17(20-16)14-4-6-15(18)7-5-14/h4-9,11,19H,3,10,12H2,1-2H3. The maximum absolute atomic E-state index is 5.89. The molecule has 0 aliphatic rings. The van der Waals surface area contributed by atoms with Gasteiger partial charge in [-0.15, -0.1) is 0 Å². The molecule has 0 radical (unpaired) electrons. The summed E-state index contributed by atoms with van der Waals surface area (Å²) in [5, 5.41) is 4.11. The smallest absolute Gasteiger partial charge is 0.134 e. The fraction of sp³-hybridized carbons (Fsp3) is 0.294. The fourth-order valence-corrected chi connectivity index (χ4v) is 2.08. The molecule has 2 nitrogen and oxygen atoms in total. The van der Waals surface area contributed by atoms with Gasteiger partial charge < -0.3 is 9.73 Å². The quantitative estimate of drug-likeness (QED) is 0.757. The molecule has 0 amide bonds. The molecule has 1 aromatic carbocycles. The minimum atomic E-state index is 0.735. The van der Waals surface area contributed by atoms with Crippen LogP contribution in [0.5, 0.6) is 0 Å². The van der Waals surface area contributed by atoms with E-state index in [9.17, 15) is 0 Å². The molecular weight excluding hydrogens is 270 g/mol. The maximum atomic E-state index is 5.89. The van der Waals surface area contributed by atoms with Gasteiger partial charge in [0.15, 0.2) is 0 Å². The number of nitrogens with one attached hydrogen (secondary N) is 1. The molecule has 20 heavy (non-hydrogen) atoms. The molecule has 106 valence electrons. The van der Waals surface area contributed by atoms with E-state index in [2.05, 4.69) is 25.2 Å². The van der Waals surface area contributed by atoms with Gasteiger partial charge in [0.2, 0.25) is 0 Å². The molecule has 3 heteroatoms. The van der Waals surface area contributed by atoms with Crippen molar-refractivity contribution in [3.05, 3.63) is 52.8 Å². The van der Waals surface area contributed by atoms with Crippen LogP contribution in [0.3, 0.4) is 0 Å². The van der Waals surface area contributed by atoms with E-state index in [1.165, 1.54) is 5.57 Å². The number of furan rings is 1. The Balaban J connectivity index is 2.05. The second kappa shape index (κ2) is 7.32. The lowest BCUT2D eigenvalue weighted by atomic mass is 10.2. The molecule has 0 saturated heterocycles. The summed E-state index contributed by atoms with van der Waals surface area (Å²) < 4.78 is 5.84. The number of hydrogen-bond acceptors (Lipinski definition) is 2. The normalized spacial score (nSPS) is 11.8. The van der Waals surface area contributed by atoms with Crippen molar-refractivity contribution in [3.63, 3.8) is 0 Å². The van der Waals surface area contributed by atoms with Gasteiger partial charge in [-0.05, 0) is 62.4 Å². The molecule has 0 bridgehead atoms. The summed E-state index contributed by atoms with van der Waals surface area (Å²) in [5.41, 5.74) is 2.30. The largest absolute Gasteiger partial charge is 0.457 e. The highest BCUT2D eigenvalue weighted by Crippen LogP contribution is 2.24. The first-order valence-corrected chi connectivity index (χ1v) is 7.30. The summed E-state index contributed by atoms with van der Waals surface area (Å²) >= 11 is 5.89. The van der Waals surface area contributed by atoms with Crippen LogP contribution >= 0.6 is 11.6 Å². The first-order chi connectivity index (χ1) is 9.69. The first-order valence-electron chi connectivity index (χ1n) is 6.92. The molecular formula is C17H20ClNO. The molecule has 0 aliphatic heterocycles. The summed E-state index contributed by atoms with van der Waals surface area (Å²) in [7, 11) is 0. The van der Waals surface area contributed by atoms with Crippen LogP contribution in [0.1, 0.15) is 26.0 Å². The van der Waals surface area contributed by atoms with E-state index >= 15 is 0 Å². The van der Waals surface area contributed by atoms with Crippen LogP contribution in [0.4, 0.5) is 0 Å². The van der Waals surface area contributed by atoms with Gasteiger partial charge in [0.25, 0.3) is 0 Å². The minimum absolute atomic E-state index is 0.735. The monoisotopic (exact) mass is 289 g/mol. The van der Waals surface area contributed by atoms with E-state index in [4.69, 9.17) is 16.0 Å². The van der Waals surface area contributed by atoms with E-state index < -0.39 is 0 Å². The summed E-state index contributed by atoms with van der Waals surface area (Å²) in [6, 6.07) is 11.6. The van der Waals surface area contributed by atoms with Crippen LogP contribution in [0.25, 0.3) is 17.4 Å². The molecule has 0 spiro atoms. The molecule has 1 heterocycles. The van der Waals surface area contributed by atoms with E-state index in [0.717, 1.165) is 41.6 Å². The lowest BCUT2D eigenvalue weighted by molar-refractivity contribution is 0.571. The van der Waals surface area contributed by atoms with Crippen LogP contribution in [0.2, 0.25) is 5.02 Å². The third kappa shape index (κ3) is 4.26. The Morgan fingerprint density at radius 1 is 1.20 bits per heavy atom. The third-order valence-corrected chi connectivity index (χ3v) is 3.23. The zero-order valence-electron chi connectivity index (χ0n) is 11.9. The van der Waals surface area contributed by atoms with Crippen LogP contribution in [-0.4, -0.2) is 13.1 Å². The number of rotatable bonds is 6. The zero-order chi connectivity index (χ0) is 14.4. The summed E-state index contributed by atoms with van der Waals surface area (Å²) in [5.74, 6) is 1.74. The molecule has 2 aromatic rings. The highest BCUT2D eigenvalue weighted by molar-refractivity contribution is 6.30. The van der Waals surface area contributed by atoms with E-state index in [-0.39, 0.29) is 0 Å². The molecule has 0 aliphatic carbocycles. The van der Waals surface area contributed by atoms with Crippen molar-refractivity contribution in [1.29, 1.82) is 0 Å². The van der Waals surface area contributed by atoms with Gasteiger partial charge in [-0.25, -0.2) is 0 Å². The maximum Gasteiger partial charge on any atom is 0.134 e. The highest BCUT2D eigenvalue weighted by atomic mass is 35.5. The van der Waals surface area contributed by atoms with Gasteiger partial charge in [0.05, 0.1) is 0 Å². The molecule has 0 fully saturated rings. The van der Waals surface area contributed by atoms with E-state index in [1.54, 1.807) is 0 Å². The van der Waals surface area contributed by atoms with Crippen LogP contribution < -0.4 is 5.32 Å². The van der Waals surface area contributed by atoms with E-state index in [1.807, 2.05) is 36.4 Å². The molecule has 0 atom stereocenters. The van der Waals surface area contributed by atoms with Crippen molar-refractivity contribution < 1.29 is 4.42 Å². The Kier molecular flexibility index (Phi) is 5.45. The van der Waals surface area contributed by atoms with Gasteiger partial charge in [0.1, 0.15) is 11.5 Å².